The lowest BCUT2D eigenvalue weighted by Crippen LogP contribution is -2.30. The summed E-state index contributed by atoms with van der Waals surface area (Å²) in [6.07, 6.45) is 0. The number of hydrogen-bond donors (Lipinski definition) is 2. The molecule has 1 amide bonds. The number of hydrogen-bond acceptors (Lipinski definition) is 5. The lowest BCUT2D eigenvalue weighted by atomic mass is 10.1. The minimum Gasteiger partial charge on any atom is -0.423 e. The average molecular weight is 275 g/mol. The highest BCUT2D eigenvalue weighted by Crippen LogP contribution is 2.23. The molecule has 0 fully saturated rings. The molecule has 1 heterocycles. The smallest absolute Gasteiger partial charge is 0.337 e. The first-order valence-corrected chi connectivity index (χ1v) is 6.44. The van der Waals surface area contributed by atoms with Crippen molar-refractivity contribution in [3.8, 4) is 0 Å². The van der Waals surface area contributed by atoms with Gasteiger partial charge in [-0.3, -0.25) is 10.2 Å². The van der Waals surface area contributed by atoms with E-state index in [0.717, 1.165) is 24.8 Å². The molecule has 0 unspecified atom stereocenters. The van der Waals surface area contributed by atoms with Gasteiger partial charge in [0, 0.05) is 36.3 Å². The minimum absolute atomic E-state index is 0.213. The number of carbonyl (C=O) groups is 1. The molecule has 20 heavy (non-hydrogen) atoms. The zero-order valence-electron chi connectivity index (χ0n) is 11.5. The first-order valence-electron chi connectivity index (χ1n) is 6.44. The fraction of sp³-hybridized carbons (Fsp3) is 0.286. The third-order valence-corrected chi connectivity index (χ3v) is 3.23. The van der Waals surface area contributed by atoms with E-state index in [1.54, 1.807) is 12.1 Å². The van der Waals surface area contributed by atoms with Crippen LogP contribution in [0.3, 0.4) is 0 Å². The number of hydrazine groups is 1. The first-order chi connectivity index (χ1) is 9.60. The Kier molecular flexibility index (Phi) is 4.05. The zero-order valence-corrected chi connectivity index (χ0v) is 11.5. The topological polar surface area (TPSA) is 88.6 Å². The van der Waals surface area contributed by atoms with Crippen molar-refractivity contribution in [2.45, 2.75) is 13.8 Å². The van der Waals surface area contributed by atoms with Gasteiger partial charge in [0.1, 0.15) is 5.58 Å². The first kappa shape index (κ1) is 14.1. The SMILES string of the molecule is CCN(CC)c1ccc2c(C(=O)NN)cc(=O)oc2c1. The Bertz CT molecular complexity index is 690. The molecule has 0 aliphatic rings. The Morgan fingerprint density at radius 3 is 2.60 bits per heavy atom. The lowest BCUT2D eigenvalue weighted by Gasteiger charge is -2.21. The standard InChI is InChI=1S/C14H17N3O3/c1-3-17(4-2)9-5-6-10-11(14(19)16-15)8-13(18)20-12(10)7-9/h5-8H,3-4,15H2,1-2H3,(H,16,19). The average Bonchev–Trinajstić information content (AvgIpc) is 2.46. The van der Waals surface area contributed by atoms with Gasteiger partial charge in [-0.1, -0.05) is 0 Å². The summed E-state index contributed by atoms with van der Waals surface area (Å²) in [5, 5.41) is 0.559. The molecule has 1 aromatic carbocycles. The summed E-state index contributed by atoms with van der Waals surface area (Å²) in [6.45, 7) is 5.77. The van der Waals surface area contributed by atoms with Crippen molar-refractivity contribution in [3.05, 3.63) is 40.2 Å². The van der Waals surface area contributed by atoms with E-state index < -0.39 is 11.5 Å². The van der Waals surface area contributed by atoms with Gasteiger partial charge in [0.25, 0.3) is 5.91 Å². The van der Waals surface area contributed by atoms with Gasteiger partial charge < -0.3 is 9.32 Å². The van der Waals surface area contributed by atoms with Crippen LogP contribution in [0.15, 0.2) is 33.5 Å². The van der Waals surface area contributed by atoms with Crippen LogP contribution in [0.4, 0.5) is 5.69 Å². The maximum absolute atomic E-state index is 11.7. The summed E-state index contributed by atoms with van der Waals surface area (Å²) in [6, 6.07) is 6.55. The number of carbonyl (C=O) groups excluding carboxylic acids is 1. The van der Waals surface area contributed by atoms with Crippen molar-refractivity contribution in [2.24, 2.45) is 5.84 Å². The van der Waals surface area contributed by atoms with Crippen LogP contribution in [0, 0.1) is 0 Å². The van der Waals surface area contributed by atoms with Crippen LogP contribution < -0.4 is 21.8 Å². The summed E-state index contributed by atoms with van der Waals surface area (Å²) in [7, 11) is 0. The number of rotatable bonds is 4. The molecule has 0 aliphatic heterocycles. The molecule has 1 aromatic heterocycles. The fourth-order valence-electron chi connectivity index (χ4n) is 2.20. The molecule has 0 saturated carbocycles. The van der Waals surface area contributed by atoms with Crippen LogP contribution in [-0.4, -0.2) is 19.0 Å². The van der Waals surface area contributed by atoms with Crippen LogP contribution >= 0.6 is 0 Å². The summed E-state index contributed by atoms with van der Waals surface area (Å²) < 4.78 is 5.17. The van der Waals surface area contributed by atoms with Crippen LogP contribution in [0.2, 0.25) is 0 Å². The number of nitrogens with zero attached hydrogens (tertiary/aromatic N) is 1. The number of amides is 1. The van der Waals surface area contributed by atoms with Gasteiger partial charge in [0.15, 0.2) is 0 Å². The van der Waals surface area contributed by atoms with Crippen LogP contribution in [0.5, 0.6) is 0 Å². The number of benzene rings is 1. The highest BCUT2D eigenvalue weighted by atomic mass is 16.4. The summed E-state index contributed by atoms with van der Waals surface area (Å²) >= 11 is 0. The number of anilines is 1. The molecule has 0 bridgehead atoms. The number of nitrogens with two attached hydrogens (primary N) is 1. The zero-order chi connectivity index (χ0) is 14.7. The number of nitrogen functional groups attached to an aromatic ring is 1. The lowest BCUT2D eigenvalue weighted by molar-refractivity contribution is 0.0954. The van der Waals surface area contributed by atoms with E-state index in [9.17, 15) is 9.59 Å². The van der Waals surface area contributed by atoms with Crippen molar-refractivity contribution in [1.82, 2.24) is 5.43 Å². The van der Waals surface area contributed by atoms with E-state index in [0.29, 0.717) is 11.0 Å². The molecule has 0 aliphatic carbocycles. The quantitative estimate of drug-likeness (QED) is 0.379. The highest BCUT2D eigenvalue weighted by Gasteiger charge is 2.13. The van der Waals surface area contributed by atoms with Gasteiger partial charge in [-0.25, -0.2) is 10.6 Å². The molecule has 0 saturated heterocycles. The van der Waals surface area contributed by atoms with Gasteiger partial charge in [0.05, 0.1) is 5.56 Å². The molecule has 6 nitrogen and oxygen atoms in total. The predicted molar refractivity (Wildman–Crippen MR) is 77.7 cm³/mol. The predicted octanol–water partition coefficient (Wildman–Crippen LogP) is 1.24. The van der Waals surface area contributed by atoms with Crippen molar-refractivity contribution in [1.29, 1.82) is 0 Å². The maximum Gasteiger partial charge on any atom is 0.337 e. The van der Waals surface area contributed by atoms with Crippen molar-refractivity contribution in [3.63, 3.8) is 0 Å². The van der Waals surface area contributed by atoms with E-state index in [4.69, 9.17) is 10.3 Å². The van der Waals surface area contributed by atoms with Gasteiger partial charge >= 0.3 is 5.63 Å². The Labute approximate surface area is 116 Å². The van der Waals surface area contributed by atoms with Crippen molar-refractivity contribution in [2.75, 3.05) is 18.0 Å². The van der Waals surface area contributed by atoms with Crippen molar-refractivity contribution < 1.29 is 9.21 Å². The largest absolute Gasteiger partial charge is 0.423 e. The van der Waals surface area contributed by atoms with E-state index in [1.165, 1.54) is 0 Å². The van der Waals surface area contributed by atoms with E-state index in [1.807, 2.05) is 25.3 Å². The number of fused-ring (bicyclic) bond motifs is 1. The molecular formula is C14H17N3O3. The van der Waals surface area contributed by atoms with E-state index in [-0.39, 0.29) is 5.56 Å². The molecule has 6 heteroatoms. The molecule has 0 atom stereocenters. The summed E-state index contributed by atoms with van der Waals surface area (Å²) in [5.41, 5.74) is 2.98. The normalized spacial score (nSPS) is 10.6. The molecule has 3 N–H and O–H groups in total. The number of nitrogens with one attached hydrogen (secondary N) is 1. The maximum atomic E-state index is 11.7. The molecule has 2 rings (SSSR count). The highest BCUT2D eigenvalue weighted by molar-refractivity contribution is 6.05. The Balaban J connectivity index is 2.64. The van der Waals surface area contributed by atoms with Crippen LogP contribution in [-0.2, 0) is 0 Å². The van der Waals surface area contributed by atoms with Gasteiger partial charge in [-0.2, -0.15) is 0 Å². The summed E-state index contributed by atoms with van der Waals surface area (Å²) in [4.78, 5) is 25.3. The second-order valence-electron chi connectivity index (χ2n) is 4.31. The Morgan fingerprint density at radius 2 is 2.00 bits per heavy atom. The van der Waals surface area contributed by atoms with Crippen molar-refractivity contribution >= 4 is 22.6 Å². The molecule has 0 radical (unpaired) electrons. The second kappa shape index (κ2) is 5.75. The minimum atomic E-state index is -0.576. The molecule has 106 valence electrons. The van der Waals surface area contributed by atoms with Gasteiger partial charge in [-0.05, 0) is 26.0 Å². The fourth-order valence-corrected chi connectivity index (χ4v) is 2.20. The Hall–Kier alpha value is -2.34. The second-order valence-corrected chi connectivity index (χ2v) is 4.31. The van der Waals surface area contributed by atoms with E-state index in [2.05, 4.69) is 4.90 Å². The van der Waals surface area contributed by atoms with Crippen LogP contribution in [0.25, 0.3) is 11.0 Å². The third-order valence-electron chi connectivity index (χ3n) is 3.23. The molecule has 2 aromatic rings. The third kappa shape index (κ3) is 2.50. The van der Waals surface area contributed by atoms with E-state index >= 15 is 0 Å². The van der Waals surface area contributed by atoms with Gasteiger partial charge in [-0.15, -0.1) is 0 Å². The van der Waals surface area contributed by atoms with Gasteiger partial charge in [0.2, 0.25) is 0 Å². The van der Waals surface area contributed by atoms with Crippen LogP contribution in [0.1, 0.15) is 24.2 Å². The molecular weight excluding hydrogens is 258 g/mol. The molecule has 0 spiro atoms. The summed E-state index contributed by atoms with van der Waals surface area (Å²) in [5.74, 6) is 4.61. The monoisotopic (exact) mass is 275 g/mol. The Morgan fingerprint density at radius 1 is 1.30 bits per heavy atom.